The number of rotatable bonds is 3. The summed E-state index contributed by atoms with van der Waals surface area (Å²) in [6, 6.07) is 14.8. The molecule has 5 rings (SSSR count). The molecular weight excluding hydrogens is 336 g/mol. The number of fused-ring (bicyclic) bond motifs is 2. The summed E-state index contributed by atoms with van der Waals surface area (Å²) in [4.78, 5) is 21.9. The van der Waals surface area contributed by atoms with Gasteiger partial charge in [0.25, 0.3) is 0 Å². The van der Waals surface area contributed by atoms with E-state index in [1.807, 2.05) is 17.4 Å². The fourth-order valence-corrected chi connectivity index (χ4v) is 4.50. The zero-order valence-corrected chi connectivity index (χ0v) is 15.4. The van der Waals surface area contributed by atoms with Gasteiger partial charge in [0.2, 0.25) is 5.91 Å². The predicted octanol–water partition coefficient (Wildman–Crippen LogP) is 3.22. The highest BCUT2D eigenvalue weighted by Crippen LogP contribution is 2.27. The number of benzene rings is 2. The van der Waals surface area contributed by atoms with Crippen LogP contribution in [0.3, 0.4) is 0 Å². The highest BCUT2D eigenvalue weighted by molar-refractivity contribution is 5.85. The minimum atomic E-state index is -0.163. The molecule has 0 unspecified atom stereocenters. The van der Waals surface area contributed by atoms with Crippen molar-refractivity contribution in [1.29, 1.82) is 0 Å². The number of likely N-dealkylation sites (tertiary alicyclic amines) is 1. The van der Waals surface area contributed by atoms with Gasteiger partial charge >= 0.3 is 0 Å². The molecule has 0 N–H and O–H groups in total. The molecule has 1 amide bonds. The van der Waals surface area contributed by atoms with Crippen LogP contribution in [0.2, 0.25) is 0 Å². The minimum absolute atomic E-state index is 0.163. The number of hydrogen-bond donors (Lipinski definition) is 0. The molecule has 0 saturated carbocycles. The summed E-state index contributed by atoms with van der Waals surface area (Å²) in [7, 11) is 0. The highest BCUT2D eigenvalue weighted by Gasteiger charge is 2.33. The molecule has 1 atom stereocenters. The van der Waals surface area contributed by atoms with Crippen molar-refractivity contribution in [3.05, 3.63) is 66.2 Å². The SMILES string of the molecule is O=C([C@H]1CN(Cc2cccc3ccccc23)Cc2cncn21)N1CCCC1. The molecule has 0 radical (unpaired) electrons. The Hall–Kier alpha value is -2.66. The van der Waals surface area contributed by atoms with E-state index < -0.39 is 0 Å². The highest BCUT2D eigenvalue weighted by atomic mass is 16.2. The lowest BCUT2D eigenvalue weighted by Gasteiger charge is -2.35. The zero-order valence-electron chi connectivity index (χ0n) is 15.4. The lowest BCUT2D eigenvalue weighted by atomic mass is 10.0. The van der Waals surface area contributed by atoms with Gasteiger partial charge in [-0.3, -0.25) is 9.69 Å². The van der Waals surface area contributed by atoms with Crippen LogP contribution in [0.5, 0.6) is 0 Å². The molecule has 0 spiro atoms. The molecule has 1 aromatic heterocycles. The van der Waals surface area contributed by atoms with Crippen LogP contribution in [0.25, 0.3) is 10.8 Å². The quantitative estimate of drug-likeness (QED) is 0.720. The molecule has 5 heteroatoms. The normalized spacial score (nSPS) is 20.1. The third-order valence-electron chi connectivity index (χ3n) is 5.88. The van der Waals surface area contributed by atoms with E-state index in [0.717, 1.165) is 51.3 Å². The maximum atomic E-state index is 13.1. The van der Waals surface area contributed by atoms with E-state index in [2.05, 4.69) is 56.9 Å². The van der Waals surface area contributed by atoms with Gasteiger partial charge in [-0.25, -0.2) is 4.98 Å². The second-order valence-corrected chi connectivity index (χ2v) is 7.65. The molecular formula is C22H24N4O. The summed E-state index contributed by atoms with van der Waals surface area (Å²) in [5.41, 5.74) is 2.44. The van der Waals surface area contributed by atoms with Crippen LogP contribution in [-0.2, 0) is 17.9 Å². The first kappa shape index (κ1) is 16.5. The molecule has 3 heterocycles. The van der Waals surface area contributed by atoms with Crippen molar-refractivity contribution in [3.63, 3.8) is 0 Å². The van der Waals surface area contributed by atoms with Gasteiger partial charge in [-0.1, -0.05) is 42.5 Å². The molecule has 0 aliphatic carbocycles. The smallest absolute Gasteiger partial charge is 0.247 e. The standard InChI is InChI=1S/C22H24N4O/c27-22(25-10-3-4-11-25)21-15-24(14-19-12-23-16-26(19)21)13-18-8-5-7-17-6-1-2-9-20(17)18/h1-2,5-9,12,16,21H,3-4,10-11,13-15H2/t21-/m1/s1. The first-order chi connectivity index (χ1) is 13.3. The molecule has 2 aliphatic rings. The van der Waals surface area contributed by atoms with Crippen LogP contribution < -0.4 is 0 Å². The van der Waals surface area contributed by atoms with Crippen molar-refractivity contribution in [2.75, 3.05) is 19.6 Å². The Kier molecular flexibility index (Phi) is 4.17. The number of imidazole rings is 1. The molecule has 1 saturated heterocycles. The Balaban J connectivity index is 1.43. The number of hydrogen-bond acceptors (Lipinski definition) is 3. The fraction of sp³-hybridized carbons (Fsp3) is 0.364. The second kappa shape index (κ2) is 6.82. The number of carbonyl (C=O) groups excluding carboxylic acids is 1. The summed E-state index contributed by atoms with van der Waals surface area (Å²) in [5.74, 6) is 0.245. The van der Waals surface area contributed by atoms with Crippen molar-refractivity contribution in [1.82, 2.24) is 19.4 Å². The molecule has 0 bridgehead atoms. The molecule has 5 nitrogen and oxygen atoms in total. The summed E-state index contributed by atoms with van der Waals surface area (Å²) >= 11 is 0. The maximum Gasteiger partial charge on any atom is 0.247 e. The van der Waals surface area contributed by atoms with Gasteiger partial charge in [0.1, 0.15) is 6.04 Å². The van der Waals surface area contributed by atoms with Crippen molar-refractivity contribution in [3.8, 4) is 0 Å². The monoisotopic (exact) mass is 360 g/mol. The Morgan fingerprint density at radius 2 is 1.89 bits per heavy atom. The summed E-state index contributed by atoms with van der Waals surface area (Å²) in [5, 5.41) is 2.56. The van der Waals surface area contributed by atoms with Gasteiger partial charge < -0.3 is 9.47 Å². The third-order valence-corrected chi connectivity index (χ3v) is 5.88. The lowest BCUT2D eigenvalue weighted by molar-refractivity contribution is -0.135. The van der Waals surface area contributed by atoms with Crippen molar-refractivity contribution < 1.29 is 4.79 Å². The average Bonchev–Trinajstić information content (AvgIpc) is 3.39. The van der Waals surface area contributed by atoms with Crippen molar-refractivity contribution in [2.24, 2.45) is 0 Å². The summed E-state index contributed by atoms with van der Waals surface area (Å²) in [6.07, 6.45) is 5.96. The van der Waals surface area contributed by atoms with E-state index in [0.29, 0.717) is 0 Å². The Labute approximate surface area is 159 Å². The number of nitrogens with zero attached hydrogens (tertiary/aromatic N) is 4. The van der Waals surface area contributed by atoms with Crippen LogP contribution in [0.15, 0.2) is 55.0 Å². The Morgan fingerprint density at radius 3 is 2.78 bits per heavy atom. The lowest BCUT2D eigenvalue weighted by Crippen LogP contribution is -2.45. The number of carbonyl (C=O) groups is 1. The molecule has 2 aliphatic heterocycles. The Morgan fingerprint density at radius 1 is 1.07 bits per heavy atom. The van der Waals surface area contributed by atoms with Gasteiger partial charge in [0, 0.05) is 38.9 Å². The molecule has 3 aromatic rings. The minimum Gasteiger partial charge on any atom is -0.341 e. The molecule has 1 fully saturated rings. The van der Waals surface area contributed by atoms with Crippen LogP contribution in [0.4, 0.5) is 0 Å². The summed E-state index contributed by atoms with van der Waals surface area (Å²) in [6.45, 7) is 4.19. The first-order valence-electron chi connectivity index (χ1n) is 9.78. The third kappa shape index (κ3) is 3.02. The number of aromatic nitrogens is 2. The van der Waals surface area contributed by atoms with Gasteiger partial charge in [0.05, 0.1) is 12.0 Å². The maximum absolute atomic E-state index is 13.1. The van der Waals surface area contributed by atoms with Gasteiger partial charge in [-0.15, -0.1) is 0 Å². The van der Waals surface area contributed by atoms with Crippen LogP contribution in [0, 0.1) is 0 Å². The fourth-order valence-electron chi connectivity index (χ4n) is 4.50. The Bertz CT molecular complexity index is 968. The van der Waals surface area contributed by atoms with Gasteiger partial charge in [-0.05, 0) is 29.2 Å². The van der Waals surface area contributed by atoms with Crippen LogP contribution in [0.1, 0.15) is 30.1 Å². The summed E-state index contributed by atoms with van der Waals surface area (Å²) < 4.78 is 2.08. The predicted molar refractivity (Wildman–Crippen MR) is 105 cm³/mol. The molecule has 27 heavy (non-hydrogen) atoms. The first-order valence-corrected chi connectivity index (χ1v) is 9.78. The van der Waals surface area contributed by atoms with Gasteiger partial charge in [-0.2, -0.15) is 0 Å². The average molecular weight is 360 g/mol. The van der Waals surface area contributed by atoms with E-state index in [4.69, 9.17) is 0 Å². The van der Waals surface area contributed by atoms with E-state index in [-0.39, 0.29) is 11.9 Å². The van der Waals surface area contributed by atoms with Crippen molar-refractivity contribution in [2.45, 2.75) is 32.0 Å². The molecule has 2 aromatic carbocycles. The second-order valence-electron chi connectivity index (χ2n) is 7.65. The van der Waals surface area contributed by atoms with E-state index in [9.17, 15) is 4.79 Å². The van der Waals surface area contributed by atoms with E-state index in [1.54, 1.807) is 0 Å². The zero-order chi connectivity index (χ0) is 18.2. The van der Waals surface area contributed by atoms with Crippen molar-refractivity contribution >= 4 is 16.7 Å². The van der Waals surface area contributed by atoms with Crippen LogP contribution >= 0.6 is 0 Å². The van der Waals surface area contributed by atoms with E-state index >= 15 is 0 Å². The molecule has 138 valence electrons. The van der Waals surface area contributed by atoms with E-state index in [1.165, 1.54) is 16.3 Å². The largest absolute Gasteiger partial charge is 0.341 e. The van der Waals surface area contributed by atoms with Gasteiger partial charge in [0.15, 0.2) is 0 Å². The number of amides is 1. The van der Waals surface area contributed by atoms with Crippen LogP contribution in [-0.4, -0.2) is 44.9 Å². The topological polar surface area (TPSA) is 41.4 Å².